The molecule has 0 atom stereocenters. The average molecular weight is 361 g/mol. The molecule has 0 radical (unpaired) electrons. The van der Waals surface area contributed by atoms with E-state index in [-0.39, 0.29) is 30.8 Å². The molecule has 1 amide bonds. The van der Waals surface area contributed by atoms with Gasteiger partial charge in [0.25, 0.3) is 0 Å². The van der Waals surface area contributed by atoms with Crippen LogP contribution in [0.15, 0.2) is 18.2 Å². The predicted molar refractivity (Wildman–Crippen MR) is 92.3 cm³/mol. The minimum atomic E-state index is -0.625. The number of hydrogen-bond donors (Lipinski definition) is 1. The predicted octanol–water partition coefficient (Wildman–Crippen LogP) is 1.88. The van der Waals surface area contributed by atoms with E-state index in [9.17, 15) is 14.4 Å². The lowest BCUT2D eigenvalue weighted by atomic mass is 9.89. The quantitative estimate of drug-likeness (QED) is 0.614. The van der Waals surface area contributed by atoms with Gasteiger partial charge in [-0.1, -0.05) is 19.3 Å². The number of nitrogens with one attached hydrogen (secondary N) is 1. The Morgan fingerprint density at radius 1 is 1.04 bits per heavy atom. The zero-order valence-electron chi connectivity index (χ0n) is 14.6. The number of amides is 1. The third-order valence-corrected chi connectivity index (χ3v) is 4.61. The summed E-state index contributed by atoms with van der Waals surface area (Å²) < 4.78 is 15.8. The molecule has 1 aromatic rings. The highest BCUT2D eigenvalue weighted by Gasteiger charge is 2.22. The minimum absolute atomic E-state index is 0.0177. The smallest absolute Gasteiger partial charge is 0.325 e. The second-order valence-corrected chi connectivity index (χ2v) is 6.50. The largest absolute Gasteiger partial charge is 0.486 e. The first kappa shape index (κ1) is 18.2. The molecule has 0 bridgehead atoms. The normalized spacial score (nSPS) is 16.6. The molecule has 0 spiro atoms. The average Bonchev–Trinajstić information content (AvgIpc) is 2.70. The maximum Gasteiger partial charge on any atom is 0.325 e. The van der Waals surface area contributed by atoms with Gasteiger partial charge in [0.15, 0.2) is 23.9 Å². The van der Waals surface area contributed by atoms with Gasteiger partial charge in [0.2, 0.25) is 5.91 Å². The van der Waals surface area contributed by atoms with Crippen LogP contribution < -0.4 is 14.8 Å². The number of esters is 1. The summed E-state index contributed by atoms with van der Waals surface area (Å²) in [5.74, 6) is 0.00749. The highest BCUT2D eigenvalue weighted by molar-refractivity contribution is 5.98. The van der Waals surface area contributed by atoms with Crippen LogP contribution in [0.2, 0.25) is 0 Å². The molecule has 0 saturated heterocycles. The first-order chi connectivity index (χ1) is 12.6. The molecule has 7 nitrogen and oxygen atoms in total. The van der Waals surface area contributed by atoms with E-state index in [1.165, 1.54) is 0 Å². The first-order valence-electron chi connectivity index (χ1n) is 8.99. The van der Waals surface area contributed by atoms with Gasteiger partial charge in [0.05, 0.1) is 0 Å². The Morgan fingerprint density at radius 3 is 2.54 bits per heavy atom. The maximum atomic E-state index is 12.2. The van der Waals surface area contributed by atoms with E-state index in [0.29, 0.717) is 30.3 Å². The SMILES string of the molecule is O=C(CNC(=O)C1CCCCC1)OCC(=O)c1ccc2c(c1)OCCO2. The second kappa shape index (κ2) is 8.69. The van der Waals surface area contributed by atoms with Gasteiger partial charge in [-0.25, -0.2) is 0 Å². The molecule has 7 heteroatoms. The number of ketones is 1. The molecule has 0 aromatic heterocycles. The van der Waals surface area contributed by atoms with Crippen LogP contribution in [-0.2, 0) is 14.3 Å². The summed E-state index contributed by atoms with van der Waals surface area (Å²) >= 11 is 0. The van der Waals surface area contributed by atoms with Gasteiger partial charge in [-0.2, -0.15) is 0 Å². The summed E-state index contributed by atoms with van der Waals surface area (Å²) in [6.07, 6.45) is 4.99. The molecular weight excluding hydrogens is 338 g/mol. The van der Waals surface area contributed by atoms with Gasteiger partial charge in [0.1, 0.15) is 19.8 Å². The molecule has 1 fully saturated rings. The van der Waals surface area contributed by atoms with Crippen molar-refractivity contribution in [2.24, 2.45) is 5.92 Å². The van der Waals surface area contributed by atoms with E-state index in [2.05, 4.69) is 5.32 Å². The highest BCUT2D eigenvalue weighted by Crippen LogP contribution is 2.30. The molecule has 1 aromatic carbocycles. The van der Waals surface area contributed by atoms with E-state index >= 15 is 0 Å². The lowest BCUT2D eigenvalue weighted by molar-refractivity contribution is -0.143. The Kier molecular flexibility index (Phi) is 6.09. The zero-order chi connectivity index (χ0) is 18.4. The van der Waals surface area contributed by atoms with Crippen molar-refractivity contribution in [1.82, 2.24) is 5.32 Å². The van der Waals surface area contributed by atoms with Crippen molar-refractivity contribution >= 4 is 17.7 Å². The fourth-order valence-corrected chi connectivity index (χ4v) is 3.17. The van der Waals surface area contributed by atoms with Crippen LogP contribution >= 0.6 is 0 Å². The van der Waals surface area contributed by atoms with E-state index in [0.717, 1.165) is 32.1 Å². The summed E-state index contributed by atoms with van der Waals surface area (Å²) in [4.78, 5) is 35.9. The van der Waals surface area contributed by atoms with Crippen molar-refractivity contribution in [2.75, 3.05) is 26.4 Å². The van der Waals surface area contributed by atoms with Crippen molar-refractivity contribution in [3.63, 3.8) is 0 Å². The van der Waals surface area contributed by atoms with Crippen molar-refractivity contribution in [3.05, 3.63) is 23.8 Å². The van der Waals surface area contributed by atoms with E-state index in [1.807, 2.05) is 0 Å². The van der Waals surface area contributed by atoms with Gasteiger partial charge in [-0.15, -0.1) is 0 Å². The fourth-order valence-electron chi connectivity index (χ4n) is 3.17. The zero-order valence-corrected chi connectivity index (χ0v) is 14.6. The number of carbonyl (C=O) groups excluding carboxylic acids is 3. The molecule has 1 saturated carbocycles. The molecule has 26 heavy (non-hydrogen) atoms. The van der Waals surface area contributed by atoms with E-state index < -0.39 is 5.97 Å². The number of fused-ring (bicyclic) bond motifs is 1. The fraction of sp³-hybridized carbons (Fsp3) is 0.526. The molecule has 1 aliphatic heterocycles. The molecular formula is C19H23NO6. The van der Waals surface area contributed by atoms with Crippen LogP contribution in [0, 0.1) is 5.92 Å². The summed E-state index contributed by atoms with van der Waals surface area (Å²) in [5, 5.41) is 2.60. The van der Waals surface area contributed by atoms with Crippen LogP contribution in [-0.4, -0.2) is 44.0 Å². The van der Waals surface area contributed by atoms with Gasteiger partial charge in [0, 0.05) is 11.5 Å². The number of ether oxygens (including phenoxy) is 3. The van der Waals surface area contributed by atoms with Crippen LogP contribution in [0.4, 0.5) is 0 Å². The van der Waals surface area contributed by atoms with Crippen LogP contribution in [0.25, 0.3) is 0 Å². The van der Waals surface area contributed by atoms with Crippen molar-refractivity contribution < 1.29 is 28.6 Å². The molecule has 2 aliphatic rings. The third kappa shape index (κ3) is 4.74. The standard InChI is InChI=1S/C19H23NO6/c21-15(14-6-7-16-17(10-14)25-9-8-24-16)12-26-18(22)11-20-19(23)13-4-2-1-3-5-13/h6-7,10,13H,1-5,8-9,11-12H2,(H,20,23). The first-order valence-corrected chi connectivity index (χ1v) is 8.99. The van der Waals surface area contributed by atoms with Crippen LogP contribution in [0.5, 0.6) is 11.5 Å². The number of carbonyl (C=O) groups is 3. The Balaban J connectivity index is 1.42. The van der Waals surface area contributed by atoms with Crippen molar-refractivity contribution in [3.8, 4) is 11.5 Å². The molecule has 0 unspecified atom stereocenters. The molecule has 3 rings (SSSR count). The van der Waals surface area contributed by atoms with E-state index in [1.54, 1.807) is 18.2 Å². The molecule has 1 heterocycles. The van der Waals surface area contributed by atoms with Gasteiger partial charge >= 0.3 is 5.97 Å². The molecule has 1 aliphatic carbocycles. The summed E-state index contributed by atoms with van der Waals surface area (Å²) in [7, 11) is 0. The third-order valence-electron chi connectivity index (χ3n) is 4.61. The van der Waals surface area contributed by atoms with Crippen molar-refractivity contribution in [2.45, 2.75) is 32.1 Å². The van der Waals surface area contributed by atoms with Gasteiger partial charge < -0.3 is 19.5 Å². The number of Topliss-reactive ketones (excluding diaryl/α,β-unsaturated/α-hetero) is 1. The Hall–Kier alpha value is -2.57. The van der Waals surface area contributed by atoms with Crippen LogP contribution in [0.3, 0.4) is 0 Å². The van der Waals surface area contributed by atoms with E-state index in [4.69, 9.17) is 14.2 Å². The Bertz CT molecular complexity index is 681. The molecule has 1 N–H and O–H groups in total. The summed E-state index contributed by atoms with van der Waals surface area (Å²) in [6, 6.07) is 4.85. The highest BCUT2D eigenvalue weighted by atomic mass is 16.6. The van der Waals surface area contributed by atoms with Crippen molar-refractivity contribution in [1.29, 1.82) is 0 Å². The monoisotopic (exact) mass is 361 g/mol. The lowest BCUT2D eigenvalue weighted by Crippen LogP contribution is -2.36. The topological polar surface area (TPSA) is 90.9 Å². The Labute approximate surface area is 152 Å². The maximum absolute atomic E-state index is 12.2. The number of benzene rings is 1. The minimum Gasteiger partial charge on any atom is -0.486 e. The van der Waals surface area contributed by atoms with Crippen LogP contribution in [0.1, 0.15) is 42.5 Å². The lowest BCUT2D eigenvalue weighted by Gasteiger charge is -2.20. The Morgan fingerprint density at radius 2 is 1.77 bits per heavy atom. The number of hydrogen-bond acceptors (Lipinski definition) is 6. The summed E-state index contributed by atoms with van der Waals surface area (Å²) in [5.41, 5.74) is 0.383. The number of rotatable bonds is 6. The molecule has 140 valence electrons. The van der Waals surface area contributed by atoms with Gasteiger partial charge in [-0.3, -0.25) is 14.4 Å². The van der Waals surface area contributed by atoms with Gasteiger partial charge in [-0.05, 0) is 31.0 Å². The summed E-state index contributed by atoms with van der Waals surface area (Å²) in [6.45, 7) is 0.312. The second-order valence-electron chi connectivity index (χ2n) is 6.50.